The van der Waals surface area contributed by atoms with Gasteiger partial charge < -0.3 is 11.1 Å². The molecule has 2 heteroatoms. The highest BCUT2D eigenvalue weighted by Gasteiger charge is 2.32. The number of para-hydroxylation sites is 1. The van der Waals surface area contributed by atoms with Gasteiger partial charge in [-0.1, -0.05) is 32.0 Å². The lowest BCUT2D eigenvalue weighted by atomic mass is 9.75. The third-order valence-electron chi connectivity index (χ3n) is 3.25. The van der Waals surface area contributed by atoms with Crippen molar-refractivity contribution in [2.45, 2.75) is 33.2 Å². The fraction of sp³-hybridized carbons (Fsp3) is 0.538. The van der Waals surface area contributed by atoms with Crippen LogP contribution in [0.4, 0.5) is 5.69 Å². The molecule has 84 valence electrons. The number of anilines is 1. The van der Waals surface area contributed by atoms with Gasteiger partial charge in [0.1, 0.15) is 0 Å². The van der Waals surface area contributed by atoms with Crippen LogP contribution in [-0.2, 0) is 0 Å². The highest BCUT2D eigenvalue weighted by atomic mass is 14.9. The minimum Gasteiger partial charge on any atom is -0.384 e. The Labute approximate surface area is 92.9 Å². The molecule has 0 spiro atoms. The zero-order valence-electron chi connectivity index (χ0n) is 10.2. The molecule has 0 atom stereocenters. The van der Waals surface area contributed by atoms with Crippen LogP contribution >= 0.6 is 0 Å². The van der Waals surface area contributed by atoms with Gasteiger partial charge in [-0.2, -0.15) is 0 Å². The van der Waals surface area contributed by atoms with E-state index in [1.54, 1.807) is 0 Å². The number of hydrogen-bond donors (Lipinski definition) is 2. The predicted octanol–water partition coefficient (Wildman–Crippen LogP) is 2.86. The quantitative estimate of drug-likeness (QED) is 0.795. The van der Waals surface area contributed by atoms with Crippen molar-refractivity contribution in [3.05, 3.63) is 30.3 Å². The number of nitrogens with one attached hydrogen (secondary N) is 1. The topological polar surface area (TPSA) is 38.0 Å². The van der Waals surface area contributed by atoms with E-state index in [2.05, 4.69) is 45.1 Å². The number of benzene rings is 1. The minimum absolute atomic E-state index is 0.0584. The molecule has 15 heavy (non-hydrogen) atoms. The molecule has 3 N–H and O–H groups in total. The summed E-state index contributed by atoms with van der Waals surface area (Å²) < 4.78 is 0. The molecule has 1 rings (SSSR count). The molecule has 0 aliphatic heterocycles. The van der Waals surface area contributed by atoms with E-state index in [4.69, 9.17) is 5.73 Å². The molecule has 1 aromatic rings. The van der Waals surface area contributed by atoms with E-state index in [-0.39, 0.29) is 11.0 Å². The second kappa shape index (κ2) is 4.23. The Morgan fingerprint density at radius 3 is 2.07 bits per heavy atom. The molecule has 2 nitrogen and oxygen atoms in total. The Hall–Kier alpha value is -1.02. The highest BCUT2D eigenvalue weighted by Crippen LogP contribution is 2.28. The molecule has 0 radical (unpaired) electrons. The first-order valence-electron chi connectivity index (χ1n) is 5.41. The number of hydrogen-bond acceptors (Lipinski definition) is 2. The lowest BCUT2D eigenvalue weighted by Crippen LogP contribution is -2.50. The summed E-state index contributed by atoms with van der Waals surface area (Å²) in [6.45, 7) is 9.38. The molecular formula is C13H22N2. The first-order valence-corrected chi connectivity index (χ1v) is 5.41. The summed E-state index contributed by atoms with van der Waals surface area (Å²) in [4.78, 5) is 0. The van der Waals surface area contributed by atoms with Gasteiger partial charge in [-0.25, -0.2) is 0 Å². The number of nitrogens with two attached hydrogens (primary N) is 1. The zero-order chi connectivity index (χ0) is 11.5. The normalized spacial score (nSPS) is 12.6. The second-order valence-corrected chi connectivity index (χ2v) is 5.33. The van der Waals surface area contributed by atoms with Gasteiger partial charge >= 0.3 is 0 Å². The Morgan fingerprint density at radius 2 is 1.60 bits per heavy atom. The van der Waals surface area contributed by atoms with Crippen LogP contribution in [0, 0.1) is 5.41 Å². The average Bonchev–Trinajstić information content (AvgIpc) is 2.15. The van der Waals surface area contributed by atoms with E-state index >= 15 is 0 Å². The summed E-state index contributed by atoms with van der Waals surface area (Å²) in [6, 6.07) is 10.2. The SMILES string of the molecule is CC(C)(N)C(C)(C)CNc1ccccc1. The summed E-state index contributed by atoms with van der Waals surface area (Å²) in [5.41, 5.74) is 7.16. The van der Waals surface area contributed by atoms with Gasteiger partial charge in [0, 0.05) is 17.8 Å². The monoisotopic (exact) mass is 206 g/mol. The average molecular weight is 206 g/mol. The standard InChI is InChI=1S/C13H22N2/c1-12(2,13(3,4)14)10-15-11-8-6-5-7-9-11/h5-9,15H,10,14H2,1-4H3. The third-order valence-corrected chi connectivity index (χ3v) is 3.25. The van der Waals surface area contributed by atoms with E-state index in [9.17, 15) is 0 Å². The van der Waals surface area contributed by atoms with Crippen LogP contribution in [0.25, 0.3) is 0 Å². The molecule has 0 saturated carbocycles. The fourth-order valence-corrected chi connectivity index (χ4v) is 1.11. The van der Waals surface area contributed by atoms with Gasteiger partial charge in [-0.15, -0.1) is 0 Å². The second-order valence-electron chi connectivity index (χ2n) is 5.33. The molecular weight excluding hydrogens is 184 g/mol. The Bertz CT molecular complexity index is 296. The van der Waals surface area contributed by atoms with Gasteiger partial charge in [0.15, 0.2) is 0 Å². The maximum absolute atomic E-state index is 6.14. The zero-order valence-corrected chi connectivity index (χ0v) is 10.2. The third kappa shape index (κ3) is 3.24. The van der Waals surface area contributed by atoms with Gasteiger partial charge in [-0.05, 0) is 31.4 Å². The summed E-state index contributed by atoms with van der Waals surface area (Å²) in [5.74, 6) is 0. The van der Waals surface area contributed by atoms with E-state index in [0.29, 0.717) is 0 Å². The lowest BCUT2D eigenvalue weighted by Gasteiger charge is -2.38. The first-order chi connectivity index (χ1) is 6.83. The smallest absolute Gasteiger partial charge is 0.0340 e. The van der Waals surface area contributed by atoms with Crippen molar-refractivity contribution >= 4 is 5.69 Å². The maximum atomic E-state index is 6.14. The van der Waals surface area contributed by atoms with Gasteiger partial charge in [0.05, 0.1) is 0 Å². The van der Waals surface area contributed by atoms with Crippen molar-refractivity contribution in [2.24, 2.45) is 11.1 Å². The van der Waals surface area contributed by atoms with E-state index in [0.717, 1.165) is 12.2 Å². The van der Waals surface area contributed by atoms with Gasteiger partial charge in [-0.3, -0.25) is 0 Å². The summed E-state index contributed by atoms with van der Waals surface area (Å²) in [5, 5.41) is 3.41. The molecule has 0 aromatic heterocycles. The Balaban J connectivity index is 2.58. The van der Waals surface area contributed by atoms with Crippen molar-refractivity contribution in [1.29, 1.82) is 0 Å². The largest absolute Gasteiger partial charge is 0.384 e. The minimum atomic E-state index is -0.186. The van der Waals surface area contributed by atoms with Crippen molar-refractivity contribution in [3.63, 3.8) is 0 Å². The summed E-state index contributed by atoms with van der Waals surface area (Å²) in [7, 11) is 0. The van der Waals surface area contributed by atoms with Gasteiger partial charge in [0.2, 0.25) is 0 Å². The Kier molecular flexibility index (Phi) is 3.40. The van der Waals surface area contributed by atoms with E-state index < -0.39 is 0 Å². The predicted molar refractivity (Wildman–Crippen MR) is 67.0 cm³/mol. The van der Waals surface area contributed by atoms with Crippen molar-refractivity contribution < 1.29 is 0 Å². The van der Waals surface area contributed by atoms with E-state index in [1.807, 2.05) is 18.2 Å². The highest BCUT2D eigenvalue weighted by molar-refractivity contribution is 5.42. The van der Waals surface area contributed by atoms with Crippen molar-refractivity contribution in [1.82, 2.24) is 0 Å². The van der Waals surface area contributed by atoms with Crippen LogP contribution in [0.3, 0.4) is 0 Å². The maximum Gasteiger partial charge on any atom is 0.0340 e. The fourth-order valence-electron chi connectivity index (χ4n) is 1.11. The van der Waals surface area contributed by atoms with E-state index in [1.165, 1.54) is 0 Å². The van der Waals surface area contributed by atoms with Crippen LogP contribution in [0.5, 0.6) is 0 Å². The van der Waals surface area contributed by atoms with Crippen LogP contribution in [0.1, 0.15) is 27.7 Å². The lowest BCUT2D eigenvalue weighted by molar-refractivity contribution is 0.219. The summed E-state index contributed by atoms with van der Waals surface area (Å²) in [6.07, 6.45) is 0. The van der Waals surface area contributed by atoms with Crippen LogP contribution < -0.4 is 11.1 Å². The number of rotatable bonds is 4. The van der Waals surface area contributed by atoms with Crippen molar-refractivity contribution in [3.8, 4) is 0 Å². The molecule has 1 aromatic carbocycles. The first kappa shape index (κ1) is 12.1. The van der Waals surface area contributed by atoms with Crippen LogP contribution in [-0.4, -0.2) is 12.1 Å². The molecule has 0 aliphatic carbocycles. The van der Waals surface area contributed by atoms with Gasteiger partial charge in [0.25, 0.3) is 0 Å². The molecule has 0 saturated heterocycles. The summed E-state index contributed by atoms with van der Waals surface area (Å²) >= 11 is 0. The molecule has 0 unspecified atom stereocenters. The van der Waals surface area contributed by atoms with Crippen LogP contribution in [0.2, 0.25) is 0 Å². The Morgan fingerprint density at radius 1 is 1.07 bits per heavy atom. The molecule has 0 amide bonds. The molecule has 0 aliphatic rings. The molecule has 0 heterocycles. The molecule has 0 bridgehead atoms. The van der Waals surface area contributed by atoms with Crippen LogP contribution in [0.15, 0.2) is 30.3 Å². The molecule has 0 fully saturated rings. The van der Waals surface area contributed by atoms with Crippen molar-refractivity contribution in [2.75, 3.05) is 11.9 Å².